The highest BCUT2D eigenvalue weighted by molar-refractivity contribution is 5.96. The standard InChI is InChI=1S/C9H15N5O2/c1-14-4-2-6(3-5-14)11-9(15)7-8(10)13-16-12-7/h6H,2-5H2,1H3,(H2,10,13)(H,11,15). The molecule has 0 radical (unpaired) electrons. The number of nitrogens with one attached hydrogen (secondary N) is 1. The monoisotopic (exact) mass is 225 g/mol. The van der Waals surface area contributed by atoms with E-state index in [0.717, 1.165) is 25.9 Å². The van der Waals surface area contributed by atoms with Crippen molar-refractivity contribution in [2.24, 2.45) is 0 Å². The zero-order valence-corrected chi connectivity index (χ0v) is 9.14. The lowest BCUT2D eigenvalue weighted by atomic mass is 10.1. The molecule has 2 rings (SSSR count). The first-order chi connectivity index (χ1) is 7.66. The van der Waals surface area contributed by atoms with Crippen molar-refractivity contribution in [3.63, 3.8) is 0 Å². The Hall–Kier alpha value is -1.63. The number of amides is 1. The molecule has 0 unspecified atom stereocenters. The van der Waals surface area contributed by atoms with Crippen LogP contribution in [0.25, 0.3) is 0 Å². The van der Waals surface area contributed by atoms with E-state index in [1.54, 1.807) is 0 Å². The fraction of sp³-hybridized carbons (Fsp3) is 0.667. The lowest BCUT2D eigenvalue weighted by Crippen LogP contribution is -2.43. The second-order valence-electron chi connectivity index (χ2n) is 4.05. The molecule has 7 heteroatoms. The van der Waals surface area contributed by atoms with E-state index in [1.807, 2.05) is 0 Å². The fourth-order valence-electron chi connectivity index (χ4n) is 1.76. The molecule has 2 heterocycles. The second kappa shape index (κ2) is 4.48. The van der Waals surface area contributed by atoms with Crippen LogP contribution in [0, 0.1) is 0 Å². The number of piperidine rings is 1. The molecule has 1 fully saturated rings. The molecule has 0 aliphatic carbocycles. The van der Waals surface area contributed by atoms with Gasteiger partial charge in [-0.1, -0.05) is 0 Å². The summed E-state index contributed by atoms with van der Waals surface area (Å²) in [4.78, 5) is 13.9. The summed E-state index contributed by atoms with van der Waals surface area (Å²) in [5.74, 6) is -0.279. The summed E-state index contributed by atoms with van der Waals surface area (Å²) < 4.78 is 4.38. The van der Waals surface area contributed by atoms with E-state index in [1.165, 1.54) is 0 Å². The van der Waals surface area contributed by atoms with E-state index in [-0.39, 0.29) is 23.5 Å². The zero-order chi connectivity index (χ0) is 11.5. The minimum Gasteiger partial charge on any atom is -0.379 e. The molecule has 1 amide bonds. The molecular weight excluding hydrogens is 210 g/mol. The molecule has 16 heavy (non-hydrogen) atoms. The smallest absolute Gasteiger partial charge is 0.277 e. The Labute approximate surface area is 92.9 Å². The normalized spacial score (nSPS) is 18.6. The molecule has 1 aromatic heterocycles. The van der Waals surface area contributed by atoms with Crippen LogP contribution in [0.3, 0.4) is 0 Å². The van der Waals surface area contributed by atoms with E-state index >= 15 is 0 Å². The molecule has 1 aromatic rings. The maximum absolute atomic E-state index is 11.7. The van der Waals surface area contributed by atoms with Gasteiger partial charge in [-0.05, 0) is 43.3 Å². The minimum absolute atomic E-state index is 0.0328. The van der Waals surface area contributed by atoms with Crippen molar-refractivity contribution in [2.75, 3.05) is 25.9 Å². The summed E-state index contributed by atoms with van der Waals surface area (Å²) in [6.45, 7) is 1.97. The number of hydrogen-bond donors (Lipinski definition) is 2. The molecule has 0 bridgehead atoms. The first-order valence-corrected chi connectivity index (χ1v) is 5.24. The van der Waals surface area contributed by atoms with Gasteiger partial charge in [0.25, 0.3) is 5.91 Å². The maximum atomic E-state index is 11.7. The van der Waals surface area contributed by atoms with Crippen molar-refractivity contribution in [3.8, 4) is 0 Å². The van der Waals surface area contributed by atoms with Gasteiger partial charge < -0.3 is 16.0 Å². The van der Waals surface area contributed by atoms with Gasteiger partial charge in [-0.15, -0.1) is 0 Å². The van der Waals surface area contributed by atoms with Crippen molar-refractivity contribution in [1.82, 2.24) is 20.5 Å². The van der Waals surface area contributed by atoms with E-state index in [0.29, 0.717) is 0 Å². The number of rotatable bonds is 2. The maximum Gasteiger partial charge on any atom is 0.277 e. The van der Waals surface area contributed by atoms with Crippen LogP contribution in [0.1, 0.15) is 23.3 Å². The number of anilines is 1. The Morgan fingerprint density at radius 3 is 2.75 bits per heavy atom. The van der Waals surface area contributed by atoms with Gasteiger partial charge in [0.05, 0.1) is 0 Å². The van der Waals surface area contributed by atoms with E-state index in [9.17, 15) is 4.79 Å². The minimum atomic E-state index is -0.312. The van der Waals surface area contributed by atoms with Crippen LogP contribution in [0.4, 0.5) is 5.82 Å². The van der Waals surface area contributed by atoms with E-state index in [2.05, 4.69) is 32.2 Å². The van der Waals surface area contributed by atoms with Crippen molar-refractivity contribution in [3.05, 3.63) is 5.69 Å². The third-order valence-corrected chi connectivity index (χ3v) is 2.78. The summed E-state index contributed by atoms with van der Waals surface area (Å²) in [5.41, 5.74) is 5.50. The molecule has 7 nitrogen and oxygen atoms in total. The van der Waals surface area contributed by atoms with Crippen molar-refractivity contribution < 1.29 is 9.42 Å². The molecule has 88 valence electrons. The molecule has 0 atom stereocenters. The second-order valence-corrected chi connectivity index (χ2v) is 4.05. The van der Waals surface area contributed by atoms with Gasteiger partial charge in [-0.2, -0.15) is 0 Å². The first kappa shape index (κ1) is 10.9. The number of aromatic nitrogens is 2. The van der Waals surface area contributed by atoms with E-state index < -0.39 is 0 Å². The van der Waals surface area contributed by atoms with E-state index in [4.69, 9.17) is 5.73 Å². The number of nitrogen functional groups attached to an aromatic ring is 1. The number of nitrogens with two attached hydrogens (primary N) is 1. The van der Waals surface area contributed by atoms with Gasteiger partial charge in [0.2, 0.25) is 11.5 Å². The van der Waals surface area contributed by atoms with Gasteiger partial charge in [-0.3, -0.25) is 4.79 Å². The third kappa shape index (κ3) is 2.30. The Morgan fingerprint density at radius 1 is 1.50 bits per heavy atom. The molecule has 1 saturated heterocycles. The average molecular weight is 225 g/mol. The largest absolute Gasteiger partial charge is 0.379 e. The van der Waals surface area contributed by atoms with Gasteiger partial charge in [-0.25, -0.2) is 4.63 Å². The quantitative estimate of drug-likeness (QED) is 0.702. The molecule has 0 saturated carbocycles. The number of nitrogens with zero attached hydrogens (tertiary/aromatic N) is 3. The topological polar surface area (TPSA) is 97.3 Å². The number of carbonyl (C=O) groups excluding carboxylic acids is 1. The lowest BCUT2D eigenvalue weighted by Gasteiger charge is -2.29. The van der Waals surface area contributed by atoms with Gasteiger partial charge in [0.1, 0.15) is 0 Å². The molecule has 3 N–H and O–H groups in total. The van der Waals surface area contributed by atoms with Crippen LogP contribution in [-0.2, 0) is 0 Å². The van der Waals surface area contributed by atoms with Crippen molar-refractivity contribution >= 4 is 11.7 Å². The Bertz CT molecular complexity index is 370. The van der Waals surface area contributed by atoms with Crippen molar-refractivity contribution in [2.45, 2.75) is 18.9 Å². The SMILES string of the molecule is CN1CCC(NC(=O)c2nonc2N)CC1. The van der Waals surface area contributed by atoms with Crippen LogP contribution in [-0.4, -0.2) is 47.3 Å². The Morgan fingerprint density at radius 2 is 2.19 bits per heavy atom. The molecule has 1 aliphatic rings. The van der Waals surface area contributed by atoms with Gasteiger partial charge in [0, 0.05) is 6.04 Å². The molecule has 0 spiro atoms. The molecule has 1 aliphatic heterocycles. The Balaban J connectivity index is 1.91. The van der Waals surface area contributed by atoms with Crippen LogP contribution in [0.2, 0.25) is 0 Å². The molecular formula is C9H15N5O2. The lowest BCUT2D eigenvalue weighted by molar-refractivity contribution is 0.0907. The summed E-state index contributed by atoms with van der Waals surface area (Å²) in [6, 6.07) is 0.180. The van der Waals surface area contributed by atoms with Crippen LogP contribution >= 0.6 is 0 Å². The van der Waals surface area contributed by atoms with Gasteiger partial charge in [0.15, 0.2) is 0 Å². The zero-order valence-electron chi connectivity index (χ0n) is 9.14. The molecule has 0 aromatic carbocycles. The summed E-state index contributed by atoms with van der Waals surface area (Å²) >= 11 is 0. The van der Waals surface area contributed by atoms with Crippen LogP contribution in [0.15, 0.2) is 4.63 Å². The predicted molar refractivity (Wildman–Crippen MR) is 56.7 cm³/mol. The number of carbonyl (C=O) groups is 1. The summed E-state index contributed by atoms with van der Waals surface area (Å²) in [7, 11) is 2.07. The van der Waals surface area contributed by atoms with Crippen LogP contribution < -0.4 is 11.1 Å². The van der Waals surface area contributed by atoms with Gasteiger partial charge >= 0.3 is 0 Å². The van der Waals surface area contributed by atoms with Crippen LogP contribution in [0.5, 0.6) is 0 Å². The average Bonchev–Trinajstić information content (AvgIpc) is 2.68. The fourth-order valence-corrected chi connectivity index (χ4v) is 1.76. The number of likely N-dealkylation sites (tertiary alicyclic amines) is 1. The highest BCUT2D eigenvalue weighted by atomic mass is 16.6. The number of hydrogen-bond acceptors (Lipinski definition) is 6. The summed E-state index contributed by atoms with van der Waals surface area (Å²) in [5, 5.41) is 9.70. The predicted octanol–water partition coefficient (Wildman–Crippen LogP) is -0.524. The Kier molecular flexibility index (Phi) is 3.04. The third-order valence-electron chi connectivity index (χ3n) is 2.78. The summed E-state index contributed by atoms with van der Waals surface area (Å²) in [6.07, 6.45) is 1.88. The highest BCUT2D eigenvalue weighted by Crippen LogP contribution is 2.10. The highest BCUT2D eigenvalue weighted by Gasteiger charge is 2.22. The van der Waals surface area contributed by atoms with Crippen molar-refractivity contribution in [1.29, 1.82) is 0 Å². The first-order valence-electron chi connectivity index (χ1n) is 5.24.